The largest absolute Gasteiger partial charge is 0.444 e. The maximum atomic E-state index is 12.0. The van der Waals surface area contributed by atoms with Crippen molar-refractivity contribution in [2.45, 2.75) is 38.4 Å². The number of rotatable bonds is 13. The average molecular weight is 734 g/mol. The minimum atomic E-state index is -1.14. The highest BCUT2D eigenvalue weighted by molar-refractivity contribution is 6.01. The number of aromatic nitrogens is 2. The molecule has 1 heterocycles. The summed E-state index contributed by atoms with van der Waals surface area (Å²) in [5, 5.41) is 60.0. The molecule has 0 aliphatic rings. The highest BCUT2D eigenvalue weighted by Gasteiger charge is 2.13. The average Bonchev–Trinajstić information content (AvgIpc) is 3.71. The molecule has 0 aliphatic heterocycles. The summed E-state index contributed by atoms with van der Waals surface area (Å²) in [5.74, 6) is -0.351. The molecule has 288 valence electrons. The van der Waals surface area contributed by atoms with Crippen molar-refractivity contribution in [1.29, 1.82) is 0 Å². The Bertz CT molecular complexity index is 1360. The molecule has 0 radical (unpaired) electrons. The van der Waals surface area contributed by atoms with Crippen LogP contribution in [-0.2, 0) is 22.7 Å². The van der Waals surface area contributed by atoms with Gasteiger partial charge in [-0.2, -0.15) is 5.10 Å². The number of guanidine groups is 2. The van der Waals surface area contributed by atoms with Gasteiger partial charge >= 0.3 is 12.2 Å². The Morgan fingerprint density at radius 3 is 1.54 bits per heavy atom. The summed E-state index contributed by atoms with van der Waals surface area (Å²) in [6.45, 7) is 4.52. The SMILES string of the molecule is C=C(C)n1cccn1.NC(N)=NCC(O)CO.NCC(O)CO.O=C(NC(=NCC(O)CO)NC(=O)OCc1ccccc1)OCc1ccccc1. The number of hydrogen-bond acceptors (Lipinski definition) is 14. The predicted molar refractivity (Wildman–Crippen MR) is 194 cm³/mol. The second kappa shape index (κ2) is 29.3. The van der Waals surface area contributed by atoms with Crippen molar-refractivity contribution in [3.8, 4) is 0 Å². The van der Waals surface area contributed by atoms with E-state index < -0.39 is 37.1 Å². The first-order valence-corrected chi connectivity index (χ1v) is 15.6. The van der Waals surface area contributed by atoms with Crippen molar-refractivity contribution in [2.75, 3.05) is 39.5 Å². The first-order chi connectivity index (χ1) is 24.8. The third kappa shape index (κ3) is 25.5. The van der Waals surface area contributed by atoms with Crippen molar-refractivity contribution in [1.82, 2.24) is 20.4 Å². The fourth-order valence-electron chi connectivity index (χ4n) is 2.91. The Kier molecular flexibility index (Phi) is 26.3. The third-order valence-corrected chi connectivity index (χ3v) is 5.61. The van der Waals surface area contributed by atoms with Crippen LogP contribution in [0.5, 0.6) is 0 Å². The van der Waals surface area contributed by atoms with Crippen LogP contribution in [0.3, 0.4) is 0 Å². The van der Waals surface area contributed by atoms with Gasteiger partial charge in [0.15, 0.2) is 5.96 Å². The predicted octanol–water partition coefficient (Wildman–Crippen LogP) is -1.17. The van der Waals surface area contributed by atoms with Crippen molar-refractivity contribution in [2.24, 2.45) is 27.2 Å². The lowest BCUT2D eigenvalue weighted by atomic mass is 10.2. The molecule has 0 bridgehead atoms. The first kappa shape index (κ1) is 46.6. The highest BCUT2D eigenvalue weighted by Crippen LogP contribution is 2.02. The molecule has 0 spiro atoms. The molecule has 52 heavy (non-hydrogen) atoms. The Hall–Kier alpha value is -5.41. The van der Waals surface area contributed by atoms with Crippen LogP contribution in [-0.4, -0.2) is 122 Å². The summed E-state index contributed by atoms with van der Waals surface area (Å²) in [6.07, 6.45) is -0.841. The Morgan fingerprint density at radius 1 is 0.788 bits per heavy atom. The van der Waals surface area contributed by atoms with Gasteiger partial charge in [-0.05, 0) is 24.1 Å². The van der Waals surface area contributed by atoms with E-state index in [0.29, 0.717) is 0 Å². The third-order valence-electron chi connectivity index (χ3n) is 5.61. The van der Waals surface area contributed by atoms with Crippen LogP contribution in [0.15, 0.2) is 95.7 Å². The van der Waals surface area contributed by atoms with Crippen LogP contribution < -0.4 is 27.8 Å². The number of hydrogen-bond donors (Lipinski definition) is 11. The quantitative estimate of drug-likeness (QED) is 0.0729. The van der Waals surface area contributed by atoms with E-state index in [9.17, 15) is 14.7 Å². The van der Waals surface area contributed by atoms with Gasteiger partial charge in [-0.3, -0.25) is 15.6 Å². The molecule has 1 aromatic heterocycles. The Morgan fingerprint density at radius 2 is 1.23 bits per heavy atom. The molecule has 19 heteroatoms. The molecule has 14 N–H and O–H groups in total. The number of nitrogens with zero attached hydrogens (tertiary/aromatic N) is 4. The molecule has 3 unspecified atom stereocenters. The van der Waals surface area contributed by atoms with Crippen LogP contribution in [0.25, 0.3) is 5.70 Å². The van der Waals surface area contributed by atoms with E-state index in [1.807, 2.05) is 55.6 Å². The minimum absolute atomic E-state index is 0.0255. The van der Waals surface area contributed by atoms with Crippen molar-refractivity contribution >= 4 is 29.8 Å². The molecular formula is C33H51N9O10. The molecule has 3 aromatic rings. The van der Waals surface area contributed by atoms with Gasteiger partial charge in [-0.1, -0.05) is 67.2 Å². The number of nitrogens with one attached hydrogen (secondary N) is 2. The zero-order valence-electron chi connectivity index (χ0n) is 28.9. The summed E-state index contributed by atoms with van der Waals surface area (Å²) in [4.78, 5) is 31.3. The fraction of sp³-hybridized carbons (Fsp3) is 0.364. The molecule has 0 aliphatic carbocycles. The van der Waals surface area contributed by atoms with Gasteiger partial charge in [0.2, 0.25) is 5.96 Å². The molecule has 2 aromatic carbocycles. The monoisotopic (exact) mass is 733 g/mol. The first-order valence-electron chi connectivity index (χ1n) is 15.6. The van der Waals surface area contributed by atoms with Gasteiger partial charge < -0.3 is 57.3 Å². The number of carbonyl (C=O) groups excluding carboxylic acids is 2. The van der Waals surface area contributed by atoms with Crippen molar-refractivity contribution in [3.05, 3.63) is 96.8 Å². The van der Waals surface area contributed by atoms with Crippen molar-refractivity contribution in [3.63, 3.8) is 0 Å². The second-order valence-electron chi connectivity index (χ2n) is 10.3. The molecule has 3 atom stereocenters. The van der Waals surface area contributed by atoms with Crippen LogP contribution in [0, 0.1) is 0 Å². The standard InChI is InChI=1S/C20H23N3O6.C6H8N2.C4H11N3O2.C3H9NO2/c24-12-17(25)11-21-18(22-19(26)28-13-15-7-3-1-4-8-15)23-20(27)29-14-16-9-5-2-6-10-16;1-6(2)8-5-3-4-7-8;5-4(6)7-1-3(9)2-8;4-1-3(6)2-5/h1-10,17,24-25H,11-14H2,(H2,21,22,23,26,27);3-5H,1H2,2H3;3,8-9H,1-2H2,(H4,5,6,7);3,5-6H,1-2,4H2. The van der Waals surface area contributed by atoms with Crippen molar-refractivity contribution < 1.29 is 49.7 Å². The lowest BCUT2D eigenvalue weighted by Gasteiger charge is -2.12. The molecule has 0 saturated heterocycles. The number of aliphatic imine (C=N–C) groups is 2. The minimum Gasteiger partial charge on any atom is -0.444 e. The maximum absolute atomic E-state index is 12.0. The van der Waals surface area contributed by atoms with Gasteiger partial charge in [-0.15, -0.1) is 0 Å². The van der Waals surface area contributed by atoms with Gasteiger partial charge in [0.1, 0.15) is 13.2 Å². The van der Waals surface area contributed by atoms with Gasteiger partial charge in [0.25, 0.3) is 0 Å². The number of aliphatic hydroxyl groups is 6. The number of amides is 2. The van der Waals surface area contributed by atoms with E-state index in [2.05, 4.69) is 32.3 Å². The van der Waals surface area contributed by atoms with E-state index in [0.717, 1.165) is 16.8 Å². The van der Waals surface area contributed by atoms with E-state index in [1.54, 1.807) is 35.1 Å². The second-order valence-corrected chi connectivity index (χ2v) is 10.3. The molecule has 0 fully saturated rings. The number of carbonyl (C=O) groups is 2. The lowest BCUT2D eigenvalue weighted by molar-refractivity contribution is 0.102. The van der Waals surface area contributed by atoms with Crippen LogP contribution in [0.1, 0.15) is 18.1 Å². The number of allylic oxidation sites excluding steroid dienone is 1. The van der Waals surface area contributed by atoms with Crippen LogP contribution in [0.2, 0.25) is 0 Å². The molecule has 0 saturated carbocycles. The number of ether oxygens (including phenoxy) is 2. The zero-order valence-corrected chi connectivity index (χ0v) is 28.9. The molecule has 19 nitrogen and oxygen atoms in total. The number of benzene rings is 2. The topological polar surface area (TPSA) is 319 Å². The van der Waals surface area contributed by atoms with E-state index in [-0.39, 0.29) is 58.0 Å². The number of nitrogens with two attached hydrogens (primary N) is 3. The summed E-state index contributed by atoms with van der Waals surface area (Å²) in [6, 6.07) is 19.9. The fourth-order valence-corrected chi connectivity index (χ4v) is 2.91. The molecule has 3 rings (SSSR count). The van der Waals surface area contributed by atoms with Crippen LogP contribution in [0.4, 0.5) is 9.59 Å². The highest BCUT2D eigenvalue weighted by atomic mass is 16.6. The summed E-state index contributed by atoms with van der Waals surface area (Å²) < 4.78 is 11.9. The Balaban J connectivity index is 0.000000908. The normalized spacial score (nSPS) is 11.5. The molecular weight excluding hydrogens is 682 g/mol. The Labute approximate surface area is 301 Å². The maximum Gasteiger partial charge on any atom is 0.414 e. The zero-order chi connectivity index (χ0) is 39.1. The van der Waals surface area contributed by atoms with E-state index in [1.165, 1.54) is 0 Å². The number of alkyl carbamates (subject to hydrolysis) is 2. The smallest absolute Gasteiger partial charge is 0.414 e. The summed E-state index contributed by atoms with van der Waals surface area (Å²) in [7, 11) is 0. The summed E-state index contributed by atoms with van der Waals surface area (Å²) >= 11 is 0. The summed E-state index contributed by atoms with van der Waals surface area (Å²) in [5.41, 5.74) is 17.2. The lowest BCUT2D eigenvalue weighted by Crippen LogP contribution is -2.44. The van der Waals surface area contributed by atoms with E-state index in [4.69, 9.17) is 52.2 Å². The van der Waals surface area contributed by atoms with Gasteiger partial charge in [0, 0.05) is 24.6 Å². The molecule has 2 amide bonds. The van der Waals surface area contributed by atoms with Gasteiger partial charge in [-0.25, -0.2) is 19.3 Å². The van der Waals surface area contributed by atoms with Gasteiger partial charge in [0.05, 0.1) is 51.2 Å². The number of aliphatic hydroxyl groups excluding tert-OH is 6. The van der Waals surface area contributed by atoms with E-state index >= 15 is 0 Å². The van der Waals surface area contributed by atoms with Crippen LogP contribution >= 0.6 is 0 Å².